The Labute approximate surface area is 145 Å². The van der Waals surface area contributed by atoms with E-state index in [1.54, 1.807) is 11.6 Å². The number of halogens is 1. The number of carbonyl (C=O) groups excluding carboxylic acids is 1. The van der Waals surface area contributed by atoms with Crippen molar-refractivity contribution in [3.05, 3.63) is 47.0 Å². The monoisotopic (exact) mass is 345 g/mol. The van der Waals surface area contributed by atoms with Gasteiger partial charge in [0.2, 0.25) is 0 Å². The molecule has 0 bridgehead atoms. The summed E-state index contributed by atoms with van der Waals surface area (Å²) >= 11 is 6.19. The van der Waals surface area contributed by atoms with Crippen LogP contribution in [0.2, 0.25) is 5.02 Å². The smallest absolute Gasteiger partial charge is 0.271 e. The van der Waals surface area contributed by atoms with Crippen LogP contribution in [0.3, 0.4) is 0 Å². The number of benzene rings is 1. The largest absolute Gasteiger partial charge is 0.351 e. The molecule has 0 fully saturated rings. The van der Waals surface area contributed by atoms with Crippen molar-refractivity contribution in [3.8, 4) is 0 Å². The van der Waals surface area contributed by atoms with Gasteiger partial charge in [-0.2, -0.15) is 5.10 Å². The van der Waals surface area contributed by atoms with Gasteiger partial charge in [0.05, 0.1) is 28.1 Å². The Hall–Kier alpha value is -2.34. The third-order valence-corrected chi connectivity index (χ3v) is 4.41. The molecule has 7 heteroatoms. The highest BCUT2D eigenvalue weighted by Gasteiger charge is 2.19. The molecule has 2 heterocycles. The number of fused-ring (bicyclic) bond motifs is 1. The number of rotatable bonds is 6. The lowest BCUT2D eigenvalue weighted by Crippen LogP contribution is -2.28. The molecule has 3 aromatic rings. The molecular weight excluding hydrogens is 326 g/mol. The summed E-state index contributed by atoms with van der Waals surface area (Å²) < 4.78 is 3.73. The van der Waals surface area contributed by atoms with Gasteiger partial charge in [-0.15, -0.1) is 0 Å². The van der Waals surface area contributed by atoms with Crippen molar-refractivity contribution in [2.24, 2.45) is 0 Å². The van der Waals surface area contributed by atoms with Gasteiger partial charge in [-0.3, -0.25) is 9.48 Å². The second-order valence-corrected chi connectivity index (χ2v) is 5.98. The average molecular weight is 346 g/mol. The summed E-state index contributed by atoms with van der Waals surface area (Å²) in [5.41, 5.74) is 3.19. The molecule has 1 aromatic carbocycles. The van der Waals surface area contributed by atoms with Crippen LogP contribution in [-0.4, -0.2) is 31.8 Å². The second kappa shape index (κ2) is 7.05. The number of amides is 1. The van der Waals surface area contributed by atoms with E-state index in [4.69, 9.17) is 11.6 Å². The lowest BCUT2D eigenvalue weighted by molar-refractivity contribution is 0.0942. The molecule has 0 aliphatic heterocycles. The van der Waals surface area contributed by atoms with Crippen LogP contribution in [0.15, 0.2) is 30.6 Å². The second-order valence-electron chi connectivity index (χ2n) is 5.60. The van der Waals surface area contributed by atoms with Crippen molar-refractivity contribution >= 4 is 28.5 Å². The van der Waals surface area contributed by atoms with Crippen molar-refractivity contribution < 1.29 is 4.79 Å². The van der Waals surface area contributed by atoms with Crippen LogP contribution in [0.25, 0.3) is 11.0 Å². The molecule has 0 saturated heterocycles. The summed E-state index contributed by atoms with van der Waals surface area (Å²) in [6.45, 7) is 5.70. The first-order valence-corrected chi connectivity index (χ1v) is 8.40. The third-order valence-electron chi connectivity index (χ3n) is 3.96. The normalized spacial score (nSPS) is 11.1. The number of hydrogen-bond acceptors (Lipinski definition) is 3. The summed E-state index contributed by atoms with van der Waals surface area (Å²) in [5, 5.41) is 7.61. The van der Waals surface area contributed by atoms with Crippen LogP contribution in [0, 0.1) is 6.92 Å². The van der Waals surface area contributed by atoms with Crippen molar-refractivity contribution in [1.29, 1.82) is 0 Å². The zero-order chi connectivity index (χ0) is 17.1. The molecule has 126 valence electrons. The fraction of sp³-hybridized carbons (Fsp3) is 0.353. The van der Waals surface area contributed by atoms with Crippen LogP contribution in [0.5, 0.6) is 0 Å². The van der Waals surface area contributed by atoms with Gasteiger partial charge in [0.25, 0.3) is 5.91 Å². The molecule has 1 N–H and O–H groups in total. The van der Waals surface area contributed by atoms with E-state index < -0.39 is 0 Å². The predicted molar refractivity (Wildman–Crippen MR) is 94.3 cm³/mol. The molecule has 0 atom stereocenters. The lowest BCUT2D eigenvalue weighted by Gasteiger charge is -2.08. The summed E-state index contributed by atoms with van der Waals surface area (Å²) in [5.74, 6) is -0.182. The maximum Gasteiger partial charge on any atom is 0.271 e. The molecule has 2 aromatic heterocycles. The van der Waals surface area contributed by atoms with Crippen LogP contribution in [0.4, 0.5) is 0 Å². The van der Waals surface area contributed by atoms with E-state index in [0.29, 0.717) is 29.5 Å². The number of hydrogen-bond donors (Lipinski definition) is 1. The minimum Gasteiger partial charge on any atom is -0.351 e. The van der Waals surface area contributed by atoms with Crippen LogP contribution in [-0.2, 0) is 13.1 Å². The molecule has 0 radical (unpaired) electrons. The Kier molecular flexibility index (Phi) is 4.85. The predicted octanol–water partition coefficient (Wildman–Crippen LogP) is 3.03. The molecule has 0 aliphatic rings. The Morgan fingerprint density at radius 1 is 1.33 bits per heavy atom. The number of para-hydroxylation sites is 2. The first-order chi connectivity index (χ1) is 11.6. The minimum absolute atomic E-state index is 0.182. The summed E-state index contributed by atoms with van der Waals surface area (Å²) in [7, 11) is 0. The SMILES string of the molecule is CCn1nc(C)c(Cl)c1C(=O)NCCCn1cnc2ccccc21. The number of imidazole rings is 1. The number of nitrogens with zero attached hydrogens (tertiary/aromatic N) is 4. The third kappa shape index (κ3) is 3.14. The summed E-state index contributed by atoms with van der Waals surface area (Å²) in [6.07, 6.45) is 2.64. The average Bonchev–Trinajstić information content (AvgIpc) is 3.13. The van der Waals surface area contributed by atoms with Crippen molar-refractivity contribution in [2.75, 3.05) is 6.54 Å². The maximum atomic E-state index is 12.4. The van der Waals surface area contributed by atoms with Gasteiger partial charge < -0.3 is 9.88 Å². The number of carbonyl (C=O) groups is 1. The first-order valence-electron chi connectivity index (χ1n) is 8.02. The van der Waals surface area contributed by atoms with E-state index in [-0.39, 0.29) is 5.91 Å². The van der Waals surface area contributed by atoms with Crippen molar-refractivity contribution in [2.45, 2.75) is 33.4 Å². The minimum atomic E-state index is -0.182. The standard InChI is InChI=1S/C17H20ClN5O/c1-3-23-16(15(18)12(2)21-23)17(24)19-9-6-10-22-11-20-13-7-4-5-8-14(13)22/h4-5,7-8,11H,3,6,9-10H2,1-2H3,(H,19,24). The molecule has 3 rings (SSSR count). The number of nitrogens with one attached hydrogen (secondary N) is 1. The highest BCUT2D eigenvalue weighted by molar-refractivity contribution is 6.34. The molecule has 0 unspecified atom stereocenters. The van der Waals surface area contributed by atoms with Crippen LogP contribution >= 0.6 is 11.6 Å². The Balaban J connectivity index is 1.58. The molecule has 0 aliphatic carbocycles. The molecule has 0 saturated carbocycles. The number of aromatic nitrogens is 4. The first kappa shape index (κ1) is 16.5. The van der Waals surface area contributed by atoms with Crippen molar-refractivity contribution in [3.63, 3.8) is 0 Å². The Morgan fingerprint density at radius 2 is 2.12 bits per heavy atom. The van der Waals surface area contributed by atoms with E-state index in [2.05, 4.69) is 20.0 Å². The van der Waals surface area contributed by atoms with Crippen LogP contribution < -0.4 is 5.32 Å². The number of aryl methyl sites for hydroxylation is 3. The topological polar surface area (TPSA) is 64.7 Å². The highest BCUT2D eigenvalue weighted by atomic mass is 35.5. The van der Waals surface area contributed by atoms with Crippen molar-refractivity contribution in [1.82, 2.24) is 24.6 Å². The van der Waals surface area contributed by atoms with Gasteiger partial charge in [0.15, 0.2) is 0 Å². The maximum absolute atomic E-state index is 12.4. The van der Waals surface area contributed by atoms with Gasteiger partial charge in [-0.25, -0.2) is 4.98 Å². The Morgan fingerprint density at radius 3 is 2.92 bits per heavy atom. The van der Waals surface area contributed by atoms with E-state index >= 15 is 0 Å². The zero-order valence-corrected chi connectivity index (χ0v) is 14.5. The van der Waals surface area contributed by atoms with Gasteiger partial charge in [-0.05, 0) is 32.4 Å². The Bertz CT molecular complexity index is 867. The van der Waals surface area contributed by atoms with E-state index in [9.17, 15) is 4.79 Å². The van der Waals surface area contributed by atoms with Gasteiger partial charge >= 0.3 is 0 Å². The summed E-state index contributed by atoms with van der Waals surface area (Å²) in [6, 6.07) is 8.01. The lowest BCUT2D eigenvalue weighted by atomic mass is 10.3. The molecular formula is C17H20ClN5O. The molecule has 24 heavy (non-hydrogen) atoms. The van der Waals surface area contributed by atoms with Gasteiger partial charge in [0, 0.05) is 19.6 Å². The molecule has 1 amide bonds. The quantitative estimate of drug-likeness (QED) is 0.698. The van der Waals surface area contributed by atoms with Gasteiger partial charge in [0.1, 0.15) is 5.69 Å². The molecule has 0 spiro atoms. The van der Waals surface area contributed by atoms with E-state index in [1.807, 2.05) is 37.5 Å². The fourth-order valence-corrected chi connectivity index (χ4v) is 2.95. The fourth-order valence-electron chi connectivity index (χ4n) is 2.73. The zero-order valence-electron chi connectivity index (χ0n) is 13.8. The highest BCUT2D eigenvalue weighted by Crippen LogP contribution is 2.20. The van der Waals surface area contributed by atoms with E-state index in [0.717, 1.165) is 24.0 Å². The van der Waals surface area contributed by atoms with Crippen LogP contribution in [0.1, 0.15) is 29.5 Å². The molecule has 6 nitrogen and oxygen atoms in total. The van der Waals surface area contributed by atoms with Gasteiger partial charge in [-0.1, -0.05) is 23.7 Å². The van der Waals surface area contributed by atoms with E-state index in [1.165, 1.54) is 0 Å². The summed E-state index contributed by atoms with van der Waals surface area (Å²) in [4.78, 5) is 16.7.